The molecule has 0 saturated carbocycles. The van der Waals surface area contributed by atoms with Crippen LogP contribution >= 0.6 is 11.6 Å². The number of likely N-dealkylation sites (N-methyl/N-ethyl adjacent to an activating group) is 1. The van der Waals surface area contributed by atoms with Crippen LogP contribution < -0.4 is 0 Å². The number of aryl methyl sites for hydroxylation is 3. The Balaban J connectivity index is 0.000000120. The van der Waals surface area contributed by atoms with E-state index in [1.54, 1.807) is 49.6 Å². The van der Waals surface area contributed by atoms with Crippen LogP contribution in [0.3, 0.4) is 0 Å². The molecular formula is C84H96ClN11O5. The standard InChI is InChI=1S/C22H27N3O.C22H25N3O.C20H21ClN2O.C20H23N3O2/c2*1-3-11-24-12-8-21-19(14-24)18-13-16(2)4-5-20(18)25(21)15-22(26)17-6-9-23-10-7-17;1-20(24,14-8-10-22-11-9-14)13-23-18-5-3-2-4-16(18)17-12-15(21)6-7-19(17)23;1-22-9-6-19-17(11-22)16-10-14(13-24)2-3-18(16)23(19)12-20(25)15-4-7-21-8-5-15/h4-7,9-10,13,22,26H,3,8,11-12,14-15H2,1-2H3;3-7,9-10,13,22,26H,1,8,11-12,14-15H2,2H3;6-12,24H,2-5,13H2,1H3;2-5,7-8,10,20,24-25H,6,9,11-13H2,1H3. The lowest BCUT2D eigenvalue weighted by atomic mass is 9.94. The number of rotatable bonds is 17. The summed E-state index contributed by atoms with van der Waals surface area (Å²) in [7, 11) is 2.13. The number of aliphatic hydroxyl groups is 5. The van der Waals surface area contributed by atoms with Crippen molar-refractivity contribution in [2.75, 3.05) is 39.8 Å². The van der Waals surface area contributed by atoms with Gasteiger partial charge in [-0.2, -0.15) is 0 Å². The van der Waals surface area contributed by atoms with Crippen LogP contribution in [0.5, 0.6) is 0 Å². The van der Waals surface area contributed by atoms with E-state index < -0.39 is 23.9 Å². The van der Waals surface area contributed by atoms with Crippen LogP contribution in [-0.4, -0.2) is 118 Å². The molecular weight excluding hydrogens is 1280 g/mol. The maximum absolute atomic E-state index is 11.1. The van der Waals surface area contributed by atoms with E-state index in [4.69, 9.17) is 11.6 Å². The average molecular weight is 1380 g/mol. The number of hydrogen-bond donors (Lipinski definition) is 5. The van der Waals surface area contributed by atoms with Gasteiger partial charge in [-0.3, -0.25) is 29.7 Å². The number of fused-ring (bicyclic) bond motifs is 12. The van der Waals surface area contributed by atoms with Gasteiger partial charge in [0.1, 0.15) is 5.60 Å². The Bertz CT molecular complexity index is 4820. The second kappa shape index (κ2) is 31.7. The smallest absolute Gasteiger partial charge is 0.105 e. The van der Waals surface area contributed by atoms with E-state index in [1.807, 2.05) is 73.7 Å². The first-order valence-electron chi connectivity index (χ1n) is 35.9. The highest BCUT2D eigenvalue weighted by Gasteiger charge is 2.31. The maximum atomic E-state index is 11.1. The second-order valence-electron chi connectivity index (χ2n) is 28.2. The first-order chi connectivity index (χ1) is 49.1. The van der Waals surface area contributed by atoms with Gasteiger partial charge in [0.05, 0.1) is 51.1 Å². The molecule has 8 aromatic heterocycles. The minimum Gasteiger partial charge on any atom is -0.392 e. The molecule has 11 heterocycles. The van der Waals surface area contributed by atoms with Crippen molar-refractivity contribution >= 4 is 55.2 Å². The fraction of sp³-hybridized carbons (Fsp3) is 0.357. The molecule has 4 unspecified atom stereocenters. The largest absolute Gasteiger partial charge is 0.392 e. The summed E-state index contributed by atoms with van der Waals surface area (Å²) in [5.41, 5.74) is 21.9. The van der Waals surface area contributed by atoms with Crippen molar-refractivity contribution in [3.63, 3.8) is 0 Å². The molecule has 0 radical (unpaired) electrons. The van der Waals surface area contributed by atoms with Crippen molar-refractivity contribution in [3.05, 3.63) is 273 Å². The first-order valence-corrected chi connectivity index (χ1v) is 36.3. The molecule has 4 aliphatic rings. The minimum absolute atomic E-state index is 0.0470. The van der Waals surface area contributed by atoms with Crippen molar-refractivity contribution in [1.82, 2.24) is 52.9 Å². The Labute approximate surface area is 598 Å². The molecule has 12 aromatic rings. The van der Waals surface area contributed by atoms with Crippen LogP contribution in [0.1, 0.15) is 135 Å². The Kier molecular flexibility index (Phi) is 22.2. The van der Waals surface area contributed by atoms with Crippen LogP contribution in [0, 0.1) is 13.8 Å². The summed E-state index contributed by atoms with van der Waals surface area (Å²) in [6.45, 7) is 22.6. The van der Waals surface area contributed by atoms with Gasteiger partial charge in [-0.05, 0) is 220 Å². The number of aliphatic hydroxyl groups excluding tert-OH is 4. The lowest BCUT2D eigenvalue weighted by Gasteiger charge is -2.28. The second-order valence-corrected chi connectivity index (χ2v) is 28.7. The van der Waals surface area contributed by atoms with Crippen molar-refractivity contribution in [3.8, 4) is 0 Å². The monoisotopic (exact) mass is 1370 g/mol. The van der Waals surface area contributed by atoms with Gasteiger partial charge in [0, 0.05) is 186 Å². The van der Waals surface area contributed by atoms with E-state index in [-0.39, 0.29) is 6.61 Å². The van der Waals surface area contributed by atoms with E-state index in [0.717, 1.165) is 123 Å². The third-order valence-electron chi connectivity index (χ3n) is 21.0. The van der Waals surface area contributed by atoms with Gasteiger partial charge in [0.15, 0.2) is 0 Å². The number of halogens is 1. The third kappa shape index (κ3) is 15.6. The summed E-state index contributed by atoms with van der Waals surface area (Å²) in [6.07, 6.45) is 23.0. The van der Waals surface area contributed by atoms with Crippen LogP contribution in [0.4, 0.5) is 0 Å². The molecule has 0 bridgehead atoms. The zero-order valence-corrected chi connectivity index (χ0v) is 59.8. The summed E-state index contributed by atoms with van der Waals surface area (Å²) in [6, 6.07) is 40.6. The molecule has 5 N–H and O–H groups in total. The number of pyridine rings is 4. The van der Waals surface area contributed by atoms with Gasteiger partial charge < -0.3 is 48.7 Å². The van der Waals surface area contributed by atoms with Gasteiger partial charge in [0.2, 0.25) is 0 Å². The molecule has 0 saturated heterocycles. The van der Waals surface area contributed by atoms with E-state index in [0.29, 0.717) is 26.2 Å². The predicted molar refractivity (Wildman–Crippen MR) is 405 cm³/mol. The molecule has 101 heavy (non-hydrogen) atoms. The Morgan fingerprint density at radius 2 is 0.931 bits per heavy atom. The van der Waals surface area contributed by atoms with Crippen molar-refractivity contribution in [1.29, 1.82) is 0 Å². The van der Waals surface area contributed by atoms with Crippen LogP contribution in [0.25, 0.3) is 43.6 Å². The highest BCUT2D eigenvalue weighted by atomic mass is 35.5. The van der Waals surface area contributed by atoms with E-state index in [9.17, 15) is 25.5 Å². The first kappa shape index (κ1) is 70.8. The van der Waals surface area contributed by atoms with Gasteiger partial charge >= 0.3 is 0 Å². The van der Waals surface area contributed by atoms with Crippen molar-refractivity contribution in [2.45, 2.75) is 155 Å². The third-order valence-corrected chi connectivity index (χ3v) is 21.3. The molecule has 0 fully saturated rings. The highest BCUT2D eigenvalue weighted by molar-refractivity contribution is 6.31. The zero-order valence-electron chi connectivity index (χ0n) is 59.1. The summed E-state index contributed by atoms with van der Waals surface area (Å²) in [5, 5.41) is 58.7. The molecule has 16 rings (SSSR count). The van der Waals surface area contributed by atoms with Gasteiger partial charge in [-0.25, -0.2) is 0 Å². The molecule has 524 valence electrons. The minimum atomic E-state index is -0.945. The van der Waals surface area contributed by atoms with Gasteiger partial charge in [-0.1, -0.05) is 53.9 Å². The zero-order chi connectivity index (χ0) is 70.3. The van der Waals surface area contributed by atoms with Crippen LogP contribution in [-0.2, 0) is 90.1 Å². The fourth-order valence-electron chi connectivity index (χ4n) is 15.9. The lowest BCUT2D eigenvalue weighted by molar-refractivity contribution is 0.0386. The van der Waals surface area contributed by atoms with Crippen molar-refractivity contribution < 1.29 is 25.5 Å². The maximum Gasteiger partial charge on any atom is 0.105 e. The summed E-state index contributed by atoms with van der Waals surface area (Å²) in [5.74, 6) is 0. The number of benzene rings is 4. The number of hydrogen-bond acceptors (Lipinski definition) is 12. The molecule has 0 amide bonds. The summed E-state index contributed by atoms with van der Waals surface area (Å²) < 4.78 is 9.21. The van der Waals surface area contributed by atoms with Crippen LogP contribution in [0.15, 0.2) is 184 Å². The van der Waals surface area contributed by atoms with Gasteiger partial charge in [0.25, 0.3) is 0 Å². The van der Waals surface area contributed by atoms with Crippen molar-refractivity contribution in [2.24, 2.45) is 0 Å². The fourth-order valence-corrected chi connectivity index (χ4v) is 16.1. The van der Waals surface area contributed by atoms with Gasteiger partial charge in [-0.15, -0.1) is 6.58 Å². The summed E-state index contributed by atoms with van der Waals surface area (Å²) in [4.78, 5) is 23.5. The number of nitrogens with zero attached hydrogens (tertiary/aromatic N) is 11. The molecule has 3 aliphatic heterocycles. The molecule has 0 spiro atoms. The quantitative estimate of drug-likeness (QED) is 0.0545. The lowest BCUT2D eigenvalue weighted by Crippen LogP contribution is -2.31. The molecule has 1 aliphatic carbocycles. The molecule has 4 atom stereocenters. The average Bonchev–Trinajstić information content (AvgIpc) is 1.63. The normalized spacial score (nSPS) is 16.1. The molecule has 4 aromatic carbocycles. The topological polar surface area (TPSA) is 182 Å². The molecule has 17 heteroatoms. The number of aromatic nitrogens is 8. The predicted octanol–water partition coefficient (Wildman–Crippen LogP) is 14.2. The van der Waals surface area contributed by atoms with Crippen LogP contribution in [0.2, 0.25) is 5.02 Å². The Hall–Kier alpha value is -8.65. The Morgan fingerprint density at radius 1 is 0.505 bits per heavy atom. The molecule has 16 nitrogen and oxygen atoms in total. The summed E-state index contributed by atoms with van der Waals surface area (Å²) >= 11 is 6.23. The van der Waals surface area contributed by atoms with E-state index in [1.165, 1.54) is 114 Å². The van der Waals surface area contributed by atoms with E-state index in [2.05, 4.69) is 148 Å². The SMILES string of the molecule is C=CCN1CCc2c(c3cc(C)ccc3n2CC(O)c2ccncc2)C1.CC(O)(Cn1c2c(c3cc(Cl)ccc31)CCCC2)c1ccncc1.CCCN1CCc2c(c3cc(C)ccc3n2CC(O)c2ccncc2)C1.CN1CCc2c(c3cc(CO)ccc3n2CC(O)c2ccncc2)C1. The highest BCUT2D eigenvalue weighted by Crippen LogP contribution is 2.39. The van der Waals surface area contributed by atoms with E-state index >= 15 is 0 Å². The Morgan fingerprint density at radius 3 is 1.45 bits per heavy atom.